The quantitative estimate of drug-likeness (QED) is 0.742. The number of hydrogen-bond donors (Lipinski definition) is 2. The highest BCUT2D eigenvalue weighted by Gasteiger charge is 2.52. The summed E-state index contributed by atoms with van der Waals surface area (Å²) in [6.07, 6.45) is 0.985. The van der Waals surface area contributed by atoms with Crippen molar-refractivity contribution in [2.24, 2.45) is 0 Å². The molecule has 1 spiro atoms. The minimum absolute atomic E-state index is 0.274. The van der Waals surface area contributed by atoms with Crippen LogP contribution in [0.2, 0.25) is 0 Å². The molecule has 156 valence electrons. The number of rotatable bonds is 5. The average molecular weight is 410 g/mol. The monoisotopic (exact) mass is 410 g/mol. The van der Waals surface area contributed by atoms with E-state index in [0.29, 0.717) is 25.9 Å². The van der Waals surface area contributed by atoms with Gasteiger partial charge in [0, 0.05) is 25.3 Å². The van der Waals surface area contributed by atoms with Gasteiger partial charge in [-0.2, -0.15) is 0 Å². The van der Waals surface area contributed by atoms with Gasteiger partial charge in [-0.05, 0) is 36.6 Å². The smallest absolute Gasteiger partial charge is 0.324 e. The molecule has 30 heavy (non-hydrogen) atoms. The van der Waals surface area contributed by atoms with Crippen LogP contribution in [0.3, 0.4) is 0 Å². The predicted molar refractivity (Wildman–Crippen MR) is 109 cm³/mol. The first kappa shape index (κ1) is 20.0. The van der Waals surface area contributed by atoms with Gasteiger partial charge in [-0.1, -0.05) is 36.4 Å². The van der Waals surface area contributed by atoms with Crippen LogP contribution in [0.25, 0.3) is 0 Å². The predicted octanol–water partition coefficient (Wildman–Crippen LogP) is 2.35. The maximum Gasteiger partial charge on any atom is 0.325 e. The summed E-state index contributed by atoms with van der Waals surface area (Å²) in [4.78, 5) is 40.9. The SMILES string of the molecule is O=C(CN1C(=O)NC2(CCN(Cc3ccccc3)CC2)C1=O)Nc1cccc(F)c1. The number of imide groups is 1. The third-order valence-corrected chi connectivity index (χ3v) is 5.61. The molecule has 0 aromatic heterocycles. The van der Waals surface area contributed by atoms with E-state index in [9.17, 15) is 18.8 Å². The van der Waals surface area contributed by atoms with Crippen LogP contribution in [-0.2, 0) is 16.1 Å². The molecule has 4 rings (SSSR count). The summed E-state index contributed by atoms with van der Waals surface area (Å²) >= 11 is 0. The number of nitrogens with zero attached hydrogens (tertiary/aromatic N) is 2. The van der Waals surface area contributed by atoms with Gasteiger partial charge in [0.05, 0.1) is 0 Å². The number of benzene rings is 2. The molecular formula is C22H23FN4O3. The largest absolute Gasteiger partial charge is 0.325 e. The highest BCUT2D eigenvalue weighted by Crippen LogP contribution is 2.30. The van der Waals surface area contributed by atoms with Crippen LogP contribution in [0, 0.1) is 5.82 Å². The van der Waals surface area contributed by atoms with Crippen molar-refractivity contribution in [1.82, 2.24) is 15.1 Å². The number of halogens is 1. The second kappa shape index (κ2) is 8.23. The number of likely N-dealkylation sites (tertiary alicyclic amines) is 1. The molecule has 7 nitrogen and oxygen atoms in total. The number of carbonyl (C=O) groups excluding carboxylic acids is 3. The molecule has 4 amide bonds. The molecule has 2 heterocycles. The summed E-state index contributed by atoms with van der Waals surface area (Å²) in [5.41, 5.74) is 0.519. The van der Waals surface area contributed by atoms with Gasteiger partial charge >= 0.3 is 6.03 Å². The molecule has 2 saturated heterocycles. The highest BCUT2D eigenvalue weighted by molar-refractivity contribution is 6.10. The van der Waals surface area contributed by atoms with E-state index < -0.39 is 29.8 Å². The second-order valence-electron chi connectivity index (χ2n) is 7.72. The van der Waals surface area contributed by atoms with Gasteiger partial charge in [-0.15, -0.1) is 0 Å². The molecular weight excluding hydrogens is 387 g/mol. The van der Waals surface area contributed by atoms with Crippen LogP contribution in [-0.4, -0.2) is 52.8 Å². The number of carbonyl (C=O) groups is 3. The van der Waals surface area contributed by atoms with E-state index in [1.54, 1.807) is 0 Å². The van der Waals surface area contributed by atoms with Gasteiger partial charge in [0.15, 0.2) is 0 Å². The Morgan fingerprint density at radius 1 is 1.07 bits per heavy atom. The third-order valence-electron chi connectivity index (χ3n) is 5.61. The minimum atomic E-state index is -0.955. The van der Waals surface area contributed by atoms with Crippen LogP contribution in [0.1, 0.15) is 18.4 Å². The Balaban J connectivity index is 1.35. The fraction of sp³-hybridized carbons (Fsp3) is 0.318. The standard InChI is InChI=1S/C22H23FN4O3/c23-17-7-4-8-18(13-17)24-19(28)15-27-20(29)22(25-21(27)30)9-11-26(12-10-22)14-16-5-2-1-3-6-16/h1-8,13H,9-12,14-15H2,(H,24,28)(H,25,30). The van der Waals surface area contributed by atoms with Gasteiger partial charge in [-0.25, -0.2) is 9.18 Å². The zero-order chi connectivity index (χ0) is 21.1. The Labute approximate surface area is 173 Å². The normalized spacial score (nSPS) is 18.5. The molecule has 8 heteroatoms. The Morgan fingerprint density at radius 3 is 2.50 bits per heavy atom. The fourth-order valence-electron chi connectivity index (χ4n) is 4.00. The molecule has 0 saturated carbocycles. The van der Waals surface area contributed by atoms with Crippen molar-refractivity contribution in [2.75, 3.05) is 25.0 Å². The van der Waals surface area contributed by atoms with Crippen LogP contribution >= 0.6 is 0 Å². The van der Waals surface area contributed by atoms with Crippen molar-refractivity contribution in [2.45, 2.75) is 24.9 Å². The first-order valence-electron chi connectivity index (χ1n) is 9.91. The number of hydrogen-bond acceptors (Lipinski definition) is 4. The van der Waals surface area contributed by atoms with Gasteiger partial charge in [0.2, 0.25) is 5.91 Å². The first-order chi connectivity index (χ1) is 14.4. The van der Waals surface area contributed by atoms with Crippen LogP contribution in [0.4, 0.5) is 14.9 Å². The number of amides is 4. The summed E-state index contributed by atoms with van der Waals surface area (Å²) in [6, 6.07) is 15.0. The lowest BCUT2D eigenvalue weighted by atomic mass is 9.87. The molecule has 0 unspecified atom stereocenters. The lowest BCUT2D eigenvalue weighted by Gasteiger charge is -2.37. The topological polar surface area (TPSA) is 81.8 Å². The molecule has 0 aliphatic carbocycles. The maximum absolute atomic E-state index is 13.3. The zero-order valence-corrected chi connectivity index (χ0v) is 16.4. The van der Waals surface area contributed by atoms with Crippen molar-refractivity contribution in [3.8, 4) is 0 Å². The molecule has 2 aromatic carbocycles. The molecule has 2 N–H and O–H groups in total. The Morgan fingerprint density at radius 2 is 1.80 bits per heavy atom. The summed E-state index contributed by atoms with van der Waals surface area (Å²) in [5.74, 6) is -1.41. The number of anilines is 1. The first-order valence-corrected chi connectivity index (χ1v) is 9.91. The van der Waals surface area contributed by atoms with Gasteiger partial charge in [0.1, 0.15) is 17.9 Å². The van der Waals surface area contributed by atoms with Crippen LogP contribution in [0.5, 0.6) is 0 Å². The Hall–Kier alpha value is -3.26. The summed E-state index contributed by atoms with van der Waals surface area (Å²) in [7, 11) is 0. The molecule has 0 radical (unpaired) electrons. The van der Waals surface area contributed by atoms with Crippen molar-refractivity contribution in [3.63, 3.8) is 0 Å². The van der Waals surface area contributed by atoms with E-state index in [1.165, 1.54) is 29.8 Å². The van der Waals surface area contributed by atoms with Crippen LogP contribution < -0.4 is 10.6 Å². The minimum Gasteiger partial charge on any atom is -0.324 e. The Bertz CT molecular complexity index is 958. The van der Waals surface area contributed by atoms with E-state index in [1.807, 2.05) is 18.2 Å². The molecule has 0 atom stereocenters. The van der Waals surface area contributed by atoms with E-state index in [2.05, 4.69) is 27.7 Å². The van der Waals surface area contributed by atoms with Crippen molar-refractivity contribution >= 4 is 23.5 Å². The van der Waals surface area contributed by atoms with E-state index in [4.69, 9.17) is 0 Å². The highest BCUT2D eigenvalue weighted by atomic mass is 19.1. The summed E-state index contributed by atoms with van der Waals surface area (Å²) in [6.45, 7) is 1.73. The van der Waals surface area contributed by atoms with E-state index >= 15 is 0 Å². The van der Waals surface area contributed by atoms with Gasteiger partial charge in [-0.3, -0.25) is 19.4 Å². The Kier molecular flexibility index (Phi) is 5.50. The number of nitrogens with one attached hydrogen (secondary N) is 2. The van der Waals surface area contributed by atoms with Gasteiger partial charge < -0.3 is 10.6 Å². The number of urea groups is 1. The second-order valence-corrected chi connectivity index (χ2v) is 7.72. The molecule has 0 bridgehead atoms. The lowest BCUT2D eigenvalue weighted by Crippen LogP contribution is -2.54. The third kappa shape index (κ3) is 4.18. The molecule has 2 fully saturated rings. The van der Waals surface area contributed by atoms with Crippen molar-refractivity contribution in [3.05, 3.63) is 66.0 Å². The summed E-state index contributed by atoms with van der Waals surface area (Å²) < 4.78 is 13.3. The van der Waals surface area contributed by atoms with Gasteiger partial charge in [0.25, 0.3) is 5.91 Å². The average Bonchev–Trinajstić information content (AvgIpc) is 2.95. The van der Waals surface area contributed by atoms with E-state index in [-0.39, 0.29) is 11.6 Å². The maximum atomic E-state index is 13.3. The van der Waals surface area contributed by atoms with Crippen molar-refractivity contribution < 1.29 is 18.8 Å². The zero-order valence-electron chi connectivity index (χ0n) is 16.4. The van der Waals surface area contributed by atoms with E-state index in [0.717, 1.165) is 11.4 Å². The lowest BCUT2D eigenvalue weighted by molar-refractivity contribution is -0.135. The van der Waals surface area contributed by atoms with Crippen molar-refractivity contribution in [1.29, 1.82) is 0 Å². The fourth-order valence-corrected chi connectivity index (χ4v) is 4.00. The van der Waals surface area contributed by atoms with Crippen LogP contribution in [0.15, 0.2) is 54.6 Å². The summed E-state index contributed by atoms with van der Waals surface area (Å²) in [5, 5.41) is 5.32. The number of piperidine rings is 1. The molecule has 2 aromatic rings. The molecule has 2 aliphatic rings. The molecule has 2 aliphatic heterocycles.